The fourth-order valence-electron chi connectivity index (χ4n) is 1.97. The molecule has 0 aromatic heterocycles. The number of hydrogen-bond acceptors (Lipinski definition) is 4. The van der Waals surface area contributed by atoms with Crippen molar-refractivity contribution in [2.45, 2.75) is 51.7 Å². The highest BCUT2D eigenvalue weighted by atomic mass is 19.3. The van der Waals surface area contributed by atoms with Crippen molar-refractivity contribution in [2.24, 2.45) is 0 Å². The van der Waals surface area contributed by atoms with Crippen LogP contribution in [0.25, 0.3) is 0 Å². The molecule has 0 heterocycles. The zero-order chi connectivity index (χ0) is 19.0. The van der Waals surface area contributed by atoms with Gasteiger partial charge in [-0.3, -0.25) is 15.2 Å². The molecule has 0 saturated carbocycles. The van der Waals surface area contributed by atoms with E-state index in [1.165, 1.54) is 5.01 Å². The number of carbonyl (C=O) groups is 2. The Morgan fingerprint density at radius 2 is 1.80 bits per heavy atom. The Kier molecular flexibility index (Phi) is 7.60. The predicted molar refractivity (Wildman–Crippen MR) is 91.4 cm³/mol. The highest BCUT2D eigenvalue weighted by molar-refractivity contribution is 5.78. The molecule has 0 saturated heterocycles. The lowest BCUT2D eigenvalue weighted by atomic mass is 10.1. The molecule has 0 aliphatic carbocycles. The Labute approximate surface area is 146 Å². The smallest absolute Gasteiger partial charge is 0.408 e. The zero-order valence-corrected chi connectivity index (χ0v) is 14.9. The summed E-state index contributed by atoms with van der Waals surface area (Å²) in [5.41, 5.74) is 2.56. The van der Waals surface area contributed by atoms with Gasteiger partial charge in [0.15, 0.2) is 0 Å². The largest absolute Gasteiger partial charge is 0.444 e. The first kappa shape index (κ1) is 20.7. The molecule has 0 bridgehead atoms. The molecule has 140 valence electrons. The second kappa shape index (κ2) is 9.19. The molecule has 0 fully saturated rings. The highest BCUT2D eigenvalue weighted by Gasteiger charge is 2.26. The zero-order valence-electron chi connectivity index (χ0n) is 14.9. The number of amides is 2. The number of alkyl carbamates (subject to hydrolysis) is 1. The Bertz CT molecular complexity index is 562. The molecule has 6 nitrogen and oxygen atoms in total. The fourth-order valence-corrected chi connectivity index (χ4v) is 1.97. The summed E-state index contributed by atoms with van der Waals surface area (Å²) < 4.78 is 31.1. The van der Waals surface area contributed by atoms with Crippen molar-refractivity contribution in [1.29, 1.82) is 0 Å². The van der Waals surface area contributed by atoms with Crippen LogP contribution in [0.15, 0.2) is 30.3 Å². The number of hydrogen-bond donors (Lipinski definition) is 2. The van der Waals surface area contributed by atoms with Crippen LogP contribution >= 0.6 is 0 Å². The predicted octanol–water partition coefficient (Wildman–Crippen LogP) is 3.09. The molecule has 0 unspecified atom stereocenters. The molecule has 1 rings (SSSR count). The van der Waals surface area contributed by atoms with Gasteiger partial charge in [-0.15, -0.1) is 0 Å². The van der Waals surface area contributed by atoms with E-state index in [1.807, 2.05) is 18.2 Å². The minimum Gasteiger partial charge on any atom is -0.444 e. The molecule has 1 aromatic carbocycles. The lowest BCUT2D eigenvalue weighted by molar-refractivity contribution is -0.121. The van der Waals surface area contributed by atoms with E-state index in [1.54, 1.807) is 40.0 Å². The van der Waals surface area contributed by atoms with Crippen LogP contribution in [-0.4, -0.2) is 37.1 Å². The summed E-state index contributed by atoms with van der Waals surface area (Å²) in [6, 6.07) is 7.61. The van der Waals surface area contributed by atoms with Crippen LogP contribution in [-0.2, 0) is 9.53 Å². The number of carbonyl (C=O) groups excluding carboxylic acids is 2. The molecule has 0 radical (unpaired) electrons. The van der Waals surface area contributed by atoms with E-state index in [0.29, 0.717) is 0 Å². The van der Waals surface area contributed by atoms with Crippen molar-refractivity contribution < 1.29 is 23.1 Å². The standard InChI is InChI=1S/C17H25F2N3O3/c1-17(2,3)25-16(24)20-13(15(18)19)10-11-14(23)21-22(4)12-8-6-5-7-9-12/h5-9,13,15H,10-11H2,1-4H3,(H,20,24)(H,21,23)/t13-/m0/s1. The average molecular weight is 357 g/mol. The lowest BCUT2D eigenvalue weighted by Crippen LogP contribution is -2.44. The Hall–Kier alpha value is -2.38. The number of anilines is 1. The van der Waals surface area contributed by atoms with Gasteiger partial charge in [-0.25, -0.2) is 13.6 Å². The van der Waals surface area contributed by atoms with E-state index in [4.69, 9.17) is 4.74 Å². The molecular weight excluding hydrogens is 332 g/mol. The average Bonchev–Trinajstić information content (AvgIpc) is 2.50. The van der Waals surface area contributed by atoms with Crippen LogP contribution in [0.3, 0.4) is 0 Å². The summed E-state index contributed by atoms with van der Waals surface area (Å²) in [5.74, 6) is -0.428. The minimum absolute atomic E-state index is 0.165. The fraction of sp³-hybridized carbons (Fsp3) is 0.529. The molecular formula is C17H25F2N3O3. The molecule has 1 atom stereocenters. The summed E-state index contributed by atoms with van der Waals surface area (Å²) in [4.78, 5) is 23.5. The molecule has 0 aliphatic heterocycles. The first-order valence-electron chi connectivity index (χ1n) is 7.94. The molecule has 25 heavy (non-hydrogen) atoms. The van der Waals surface area contributed by atoms with Gasteiger partial charge in [0.1, 0.15) is 5.60 Å². The summed E-state index contributed by atoms with van der Waals surface area (Å²) in [6.45, 7) is 4.91. The van der Waals surface area contributed by atoms with E-state index < -0.39 is 30.1 Å². The van der Waals surface area contributed by atoms with Crippen molar-refractivity contribution in [1.82, 2.24) is 10.7 Å². The van der Waals surface area contributed by atoms with Gasteiger partial charge in [0.25, 0.3) is 6.43 Å². The molecule has 0 spiro atoms. The van der Waals surface area contributed by atoms with Crippen molar-refractivity contribution >= 4 is 17.7 Å². The number of alkyl halides is 2. The Morgan fingerprint density at radius 1 is 1.20 bits per heavy atom. The number of benzene rings is 1. The van der Waals surface area contributed by atoms with Crippen molar-refractivity contribution in [3.05, 3.63) is 30.3 Å². The SMILES string of the molecule is CN(NC(=O)CC[C@H](NC(=O)OC(C)(C)C)C(F)F)c1ccccc1. The minimum atomic E-state index is -2.80. The highest BCUT2D eigenvalue weighted by Crippen LogP contribution is 2.12. The van der Waals surface area contributed by atoms with Crippen molar-refractivity contribution in [2.75, 3.05) is 12.1 Å². The van der Waals surface area contributed by atoms with Crippen LogP contribution in [0.2, 0.25) is 0 Å². The van der Waals surface area contributed by atoms with Crippen LogP contribution in [0.4, 0.5) is 19.3 Å². The maximum Gasteiger partial charge on any atom is 0.408 e. The van der Waals surface area contributed by atoms with Crippen LogP contribution < -0.4 is 15.8 Å². The second-order valence-corrected chi connectivity index (χ2v) is 6.56. The van der Waals surface area contributed by atoms with E-state index in [2.05, 4.69) is 10.7 Å². The number of rotatable bonds is 7. The van der Waals surface area contributed by atoms with Gasteiger partial charge < -0.3 is 10.1 Å². The summed E-state index contributed by atoms with van der Waals surface area (Å²) >= 11 is 0. The number of nitrogens with zero attached hydrogens (tertiary/aromatic N) is 1. The van der Waals surface area contributed by atoms with Gasteiger partial charge in [0.05, 0.1) is 11.7 Å². The van der Waals surface area contributed by atoms with E-state index >= 15 is 0 Å². The topological polar surface area (TPSA) is 70.7 Å². The second-order valence-electron chi connectivity index (χ2n) is 6.56. The van der Waals surface area contributed by atoms with Gasteiger partial charge in [-0.2, -0.15) is 0 Å². The number of para-hydroxylation sites is 1. The number of nitrogens with one attached hydrogen (secondary N) is 2. The van der Waals surface area contributed by atoms with Crippen molar-refractivity contribution in [3.8, 4) is 0 Å². The van der Waals surface area contributed by atoms with E-state index in [9.17, 15) is 18.4 Å². The number of hydrazine groups is 1. The van der Waals surface area contributed by atoms with Gasteiger partial charge in [-0.1, -0.05) is 18.2 Å². The number of ether oxygens (including phenoxy) is 1. The van der Waals surface area contributed by atoms with Gasteiger partial charge in [0, 0.05) is 13.5 Å². The maximum atomic E-state index is 13.1. The third-order valence-corrected chi connectivity index (χ3v) is 3.12. The summed E-state index contributed by atoms with van der Waals surface area (Å²) in [7, 11) is 1.65. The monoisotopic (exact) mass is 357 g/mol. The molecule has 2 amide bonds. The normalized spacial score (nSPS) is 12.4. The van der Waals surface area contributed by atoms with Crippen LogP contribution in [0, 0.1) is 0 Å². The first-order chi connectivity index (χ1) is 11.6. The molecule has 8 heteroatoms. The van der Waals surface area contributed by atoms with Gasteiger partial charge >= 0.3 is 6.09 Å². The van der Waals surface area contributed by atoms with Gasteiger partial charge in [0.2, 0.25) is 5.91 Å². The van der Waals surface area contributed by atoms with Crippen LogP contribution in [0.1, 0.15) is 33.6 Å². The van der Waals surface area contributed by atoms with Crippen LogP contribution in [0.5, 0.6) is 0 Å². The summed E-state index contributed by atoms with van der Waals surface area (Å²) in [6.07, 6.45) is -4.10. The van der Waals surface area contributed by atoms with E-state index in [-0.39, 0.29) is 12.8 Å². The number of halogens is 2. The van der Waals surface area contributed by atoms with E-state index in [0.717, 1.165) is 5.69 Å². The third-order valence-electron chi connectivity index (χ3n) is 3.12. The molecule has 0 aliphatic rings. The summed E-state index contributed by atoms with van der Waals surface area (Å²) in [5, 5.41) is 3.61. The third kappa shape index (κ3) is 8.32. The first-order valence-corrected chi connectivity index (χ1v) is 7.94. The molecule has 1 aromatic rings. The Balaban J connectivity index is 2.48. The Morgan fingerprint density at radius 3 is 2.32 bits per heavy atom. The van der Waals surface area contributed by atoms with Gasteiger partial charge in [-0.05, 0) is 39.3 Å². The molecule has 2 N–H and O–H groups in total. The maximum absolute atomic E-state index is 13.1. The lowest BCUT2D eigenvalue weighted by Gasteiger charge is -2.24. The van der Waals surface area contributed by atoms with Crippen molar-refractivity contribution in [3.63, 3.8) is 0 Å². The quantitative estimate of drug-likeness (QED) is 0.736.